The zero-order chi connectivity index (χ0) is 15.5. The number of aryl methyl sites for hydroxylation is 1. The number of amides is 1. The summed E-state index contributed by atoms with van der Waals surface area (Å²) in [5.74, 6) is 0.0468. The van der Waals surface area contributed by atoms with Crippen LogP contribution in [-0.4, -0.2) is 27.6 Å². The van der Waals surface area contributed by atoms with E-state index in [-0.39, 0.29) is 5.91 Å². The molecule has 0 aliphatic heterocycles. The SMILES string of the molecule is Cc1ccc(C(=O)N(C)Cc2cnn(-c3ccccc3)c2)s1. The summed E-state index contributed by atoms with van der Waals surface area (Å²) in [7, 11) is 1.82. The van der Waals surface area contributed by atoms with Gasteiger partial charge in [-0.2, -0.15) is 5.10 Å². The Morgan fingerprint density at radius 3 is 2.68 bits per heavy atom. The van der Waals surface area contributed by atoms with Crippen molar-refractivity contribution in [1.29, 1.82) is 0 Å². The molecule has 0 atom stereocenters. The van der Waals surface area contributed by atoms with Crippen LogP contribution in [0.3, 0.4) is 0 Å². The van der Waals surface area contributed by atoms with Crippen molar-refractivity contribution in [2.45, 2.75) is 13.5 Å². The van der Waals surface area contributed by atoms with Crippen molar-refractivity contribution in [2.75, 3.05) is 7.05 Å². The number of hydrogen-bond acceptors (Lipinski definition) is 3. The van der Waals surface area contributed by atoms with Crippen LogP contribution in [0.25, 0.3) is 5.69 Å². The molecule has 22 heavy (non-hydrogen) atoms. The lowest BCUT2D eigenvalue weighted by Crippen LogP contribution is -2.25. The standard InChI is InChI=1S/C17H17N3OS/c1-13-8-9-16(22-13)17(21)19(2)11-14-10-18-20(12-14)15-6-4-3-5-7-15/h3-10,12H,11H2,1-2H3. The van der Waals surface area contributed by atoms with Gasteiger partial charge in [0.05, 0.1) is 16.8 Å². The van der Waals surface area contributed by atoms with Gasteiger partial charge < -0.3 is 4.90 Å². The van der Waals surface area contributed by atoms with E-state index in [4.69, 9.17) is 0 Å². The van der Waals surface area contributed by atoms with Crippen LogP contribution in [0.1, 0.15) is 20.1 Å². The van der Waals surface area contributed by atoms with E-state index in [0.29, 0.717) is 6.54 Å². The lowest BCUT2D eigenvalue weighted by atomic mass is 10.3. The molecule has 1 aromatic carbocycles. The number of carbonyl (C=O) groups is 1. The molecule has 3 rings (SSSR count). The summed E-state index contributed by atoms with van der Waals surface area (Å²) >= 11 is 1.52. The zero-order valence-electron chi connectivity index (χ0n) is 12.6. The molecule has 0 fully saturated rings. The highest BCUT2D eigenvalue weighted by atomic mass is 32.1. The fraction of sp³-hybridized carbons (Fsp3) is 0.176. The number of para-hydroxylation sites is 1. The van der Waals surface area contributed by atoms with Crippen LogP contribution in [0.2, 0.25) is 0 Å². The number of benzene rings is 1. The van der Waals surface area contributed by atoms with Gasteiger partial charge >= 0.3 is 0 Å². The van der Waals surface area contributed by atoms with Crippen LogP contribution in [0.15, 0.2) is 54.9 Å². The van der Waals surface area contributed by atoms with Crippen molar-refractivity contribution in [3.8, 4) is 5.69 Å². The lowest BCUT2D eigenvalue weighted by molar-refractivity contribution is 0.0790. The molecule has 5 heteroatoms. The molecule has 2 heterocycles. The van der Waals surface area contributed by atoms with Gasteiger partial charge in [-0.25, -0.2) is 4.68 Å². The summed E-state index contributed by atoms with van der Waals surface area (Å²) in [6, 6.07) is 13.8. The first kappa shape index (κ1) is 14.5. The third kappa shape index (κ3) is 3.09. The van der Waals surface area contributed by atoms with Crippen LogP contribution in [0.5, 0.6) is 0 Å². The Hall–Kier alpha value is -2.40. The molecule has 0 unspecified atom stereocenters. The van der Waals surface area contributed by atoms with E-state index >= 15 is 0 Å². The maximum absolute atomic E-state index is 12.3. The van der Waals surface area contributed by atoms with Crippen molar-refractivity contribution in [1.82, 2.24) is 14.7 Å². The van der Waals surface area contributed by atoms with E-state index in [1.807, 2.05) is 67.3 Å². The number of thiophene rings is 1. The van der Waals surface area contributed by atoms with E-state index in [0.717, 1.165) is 21.0 Å². The molecule has 0 N–H and O–H groups in total. The van der Waals surface area contributed by atoms with E-state index < -0.39 is 0 Å². The van der Waals surface area contributed by atoms with Crippen molar-refractivity contribution in [2.24, 2.45) is 0 Å². The fourth-order valence-electron chi connectivity index (χ4n) is 2.25. The van der Waals surface area contributed by atoms with Crippen LogP contribution < -0.4 is 0 Å². The van der Waals surface area contributed by atoms with E-state index in [2.05, 4.69) is 5.10 Å². The van der Waals surface area contributed by atoms with Crippen molar-refractivity contribution in [3.63, 3.8) is 0 Å². The summed E-state index contributed by atoms with van der Waals surface area (Å²) in [6.45, 7) is 2.55. The predicted molar refractivity (Wildman–Crippen MR) is 88.4 cm³/mol. The van der Waals surface area contributed by atoms with Crippen LogP contribution in [0.4, 0.5) is 0 Å². The molecule has 2 aromatic heterocycles. The van der Waals surface area contributed by atoms with Gasteiger partial charge in [0.15, 0.2) is 0 Å². The Kier molecular flexibility index (Phi) is 4.06. The third-order valence-corrected chi connectivity index (χ3v) is 4.36. The summed E-state index contributed by atoms with van der Waals surface area (Å²) in [5.41, 5.74) is 2.02. The monoisotopic (exact) mass is 311 g/mol. The van der Waals surface area contributed by atoms with Crippen LogP contribution in [-0.2, 0) is 6.54 Å². The van der Waals surface area contributed by atoms with Crippen molar-refractivity contribution >= 4 is 17.2 Å². The Bertz CT molecular complexity index is 776. The second kappa shape index (κ2) is 6.15. The Labute approximate surface area is 133 Å². The maximum Gasteiger partial charge on any atom is 0.263 e. The molecule has 3 aromatic rings. The van der Waals surface area contributed by atoms with Crippen LogP contribution in [0, 0.1) is 6.92 Å². The molecule has 0 saturated carbocycles. The maximum atomic E-state index is 12.3. The van der Waals surface area contributed by atoms with Gasteiger partial charge in [0.25, 0.3) is 5.91 Å². The number of carbonyl (C=O) groups excluding carboxylic acids is 1. The van der Waals surface area contributed by atoms with E-state index in [1.54, 1.807) is 11.1 Å². The number of aromatic nitrogens is 2. The number of nitrogens with zero attached hydrogens (tertiary/aromatic N) is 3. The minimum atomic E-state index is 0.0468. The van der Waals surface area contributed by atoms with Gasteiger partial charge in [-0.1, -0.05) is 18.2 Å². The van der Waals surface area contributed by atoms with Crippen molar-refractivity contribution in [3.05, 3.63) is 70.2 Å². The highest BCUT2D eigenvalue weighted by Gasteiger charge is 2.14. The first-order chi connectivity index (χ1) is 10.6. The topological polar surface area (TPSA) is 38.1 Å². The average Bonchev–Trinajstić information content (AvgIpc) is 3.16. The molecule has 112 valence electrons. The minimum Gasteiger partial charge on any atom is -0.337 e. The third-order valence-electron chi connectivity index (χ3n) is 3.37. The smallest absolute Gasteiger partial charge is 0.263 e. The highest BCUT2D eigenvalue weighted by molar-refractivity contribution is 7.13. The normalized spacial score (nSPS) is 10.6. The van der Waals surface area contributed by atoms with Gasteiger partial charge in [-0.3, -0.25) is 4.79 Å². The predicted octanol–water partition coefficient (Wildman–Crippen LogP) is 3.51. The zero-order valence-corrected chi connectivity index (χ0v) is 13.4. The second-order valence-electron chi connectivity index (χ2n) is 5.20. The van der Waals surface area contributed by atoms with Gasteiger partial charge in [0.1, 0.15) is 0 Å². The van der Waals surface area contributed by atoms with E-state index in [1.165, 1.54) is 11.3 Å². The Balaban J connectivity index is 1.71. The van der Waals surface area contributed by atoms with E-state index in [9.17, 15) is 4.79 Å². The largest absolute Gasteiger partial charge is 0.337 e. The molecule has 4 nitrogen and oxygen atoms in total. The fourth-order valence-corrected chi connectivity index (χ4v) is 3.11. The molecule has 1 amide bonds. The average molecular weight is 311 g/mol. The molecule has 0 saturated heterocycles. The molecule has 0 bridgehead atoms. The summed E-state index contributed by atoms with van der Waals surface area (Å²) in [6.07, 6.45) is 3.76. The first-order valence-electron chi connectivity index (χ1n) is 7.04. The van der Waals surface area contributed by atoms with Gasteiger partial charge in [0, 0.05) is 30.2 Å². The number of hydrogen-bond donors (Lipinski definition) is 0. The molecule has 0 aliphatic rings. The van der Waals surface area contributed by atoms with Crippen LogP contribution >= 0.6 is 11.3 Å². The quantitative estimate of drug-likeness (QED) is 0.739. The van der Waals surface area contributed by atoms with Crippen molar-refractivity contribution < 1.29 is 4.79 Å². The second-order valence-corrected chi connectivity index (χ2v) is 6.49. The number of rotatable bonds is 4. The molecular formula is C17H17N3OS. The van der Waals surface area contributed by atoms with Gasteiger partial charge in [-0.05, 0) is 31.2 Å². The Morgan fingerprint density at radius 1 is 1.23 bits per heavy atom. The lowest BCUT2D eigenvalue weighted by Gasteiger charge is -2.14. The minimum absolute atomic E-state index is 0.0468. The molecular weight excluding hydrogens is 294 g/mol. The summed E-state index contributed by atoms with van der Waals surface area (Å²) in [4.78, 5) is 16.0. The van der Waals surface area contributed by atoms with Gasteiger partial charge in [0.2, 0.25) is 0 Å². The highest BCUT2D eigenvalue weighted by Crippen LogP contribution is 2.18. The molecule has 0 aliphatic carbocycles. The molecule has 0 radical (unpaired) electrons. The van der Waals surface area contributed by atoms with Gasteiger partial charge in [-0.15, -0.1) is 11.3 Å². The Morgan fingerprint density at radius 2 is 2.00 bits per heavy atom. The summed E-state index contributed by atoms with van der Waals surface area (Å²) in [5, 5.41) is 4.36. The summed E-state index contributed by atoms with van der Waals surface area (Å²) < 4.78 is 1.82. The first-order valence-corrected chi connectivity index (χ1v) is 7.86. The molecule has 0 spiro atoms.